The van der Waals surface area contributed by atoms with Crippen molar-refractivity contribution in [3.05, 3.63) is 11.1 Å². The van der Waals surface area contributed by atoms with Crippen LogP contribution in [-0.2, 0) is 4.79 Å². The monoisotopic (exact) mass is 263 g/mol. The van der Waals surface area contributed by atoms with Crippen LogP contribution in [0.1, 0.15) is 6.42 Å². The Hall–Kier alpha value is -0.160. The second-order valence-electron chi connectivity index (χ2n) is 3.37. The van der Waals surface area contributed by atoms with Gasteiger partial charge in [-0.2, -0.15) is 0 Å². The Morgan fingerprint density at radius 3 is 2.92 bits per heavy atom. The van der Waals surface area contributed by atoms with Gasteiger partial charge in [0.2, 0.25) is 0 Å². The van der Waals surface area contributed by atoms with Crippen LogP contribution >= 0.6 is 27.7 Å². The highest BCUT2D eigenvalue weighted by molar-refractivity contribution is 9.11. The number of halogens is 1. The first-order valence-corrected chi connectivity index (χ1v) is 5.92. The molecule has 1 saturated carbocycles. The molecule has 0 bridgehead atoms. The number of alkyl halides is 1. The van der Waals surface area contributed by atoms with E-state index in [1.54, 1.807) is 11.8 Å². The molecule has 1 aliphatic carbocycles. The number of allylic oxidation sites excluding steroid dienone is 1. The van der Waals surface area contributed by atoms with Gasteiger partial charge < -0.3 is 10.0 Å². The largest absolute Gasteiger partial charge is 0.481 e. The van der Waals surface area contributed by atoms with Gasteiger partial charge in [-0.15, -0.1) is 0 Å². The van der Waals surface area contributed by atoms with Gasteiger partial charge in [-0.3, -0.25) is 4.79 Å². The lowest BCUT2D eigenvalue weighted by Crippen LogP contribution is -2.20. The van der Waals surface area contributed by atoms with Crippen LogP contribution in [0.5, 0.6) is 0 Å². The van der Waals surface area contributed by atoms with Crippen LogP contribution in [0.4, 0.5) is 0 Å². The molecule has 1 N–H and O–H groups in total. The number of aliphatic carboxylic acids is 1. The molecule has 1 heterocycles. The molecule has 0 saturated heterocycles. The second-order valence-corrected chi connectivity index (χ2v) is 5.80. The van der Waals surface area contributed by atoms with E-state index in [4.69, 9.17) is 5.11 Å². The van der Waals surface area contributed by atoms with E-state index in [0.29, 0.717) is 0 Å². The van der Waals surface area contributed by atoms with Crippen molar-refractivity contribution in [2.24, 2.45) is 11.8 Å². The summed E-state index contributed by atoms with van der Waals surface area (Å²) in [6, 6.07) is 0. The molecule has 0 amide bonds. The first kappa shape index (κ1) is 9.40. The number of rotatable bonds is 2. The molecule has 3 atom stereocenters. The third-order valence-electron chi connectivity index (χ3n) is 2.50. The number of thioether (sulfide) groups is 1. The van der Waals surface area contributed by atoms with Crippen molar-refractivity contribution in [2.75, 3.05) is 7.05 Å². The zero-order valence-corrected chi connectivity index (χ0v) is 9.51. The molecule has 72 valence electrons. The second kappa shape index (κ2) is 3.20. The summed E-state index contributed by atoms with van der Waals surface area (Å²) in [6.07, 6.45) is 0.797. The number of hydrogen-bond donors (Lipinski definition) is 1. The number of hydrogen-bond acceptors (Lipinski definition) is 3. The summed E-state index contributed by atoms with van der Waals surface area (Å²) in [7, 11) is 1.99. The van der Waals surface area contributed by atoms with Crippen molar-refractivity contribution in [3.63, 3.8) is 0 Å². The summed E-state index contributed by atoms with van der Waals surface area (Å²) in [5.74, 6) is -0.563. The van der Waals surface area contributed by atoms with Crippen molar-refractivity contribution in [3.8, 4) is 0 Å². The molecule has 0 aromatic rings. The van der Waals surface area contributed by atoms with E-state index >= 15 is 0 Å². The molecule has 5 heteroatoms. The fraction of sp³-hybridized carbons (Fsp3) is 0.625. The first-order chi connectivity index (χ1) is 6.11. The summed E-state index contributed by atoms with van der Waals surface area (Å²) in [6.45, 7) is 0. The molecule has 2 rings (SSSR count). The average molecular weight is 264 g/mol. The minimum atomic E-state index is -0.665. The maximum absolute atomic E-state index is 10.7. The Morgan fingerprint density at radius 2 is 2.54 bits per heavy atom. The molecule has 0 aromatic carbocycles. The standard InChI is InChI=1S/C8H10BrNO2S/c1-10-6(3-13-8(10)9)4-2-5(4)7(11)12/h3-5,8H,2H2,1H3,(H,11,12). The van der Waals surface area contributed by atoms with E-state index in [9.17, 15) is 4.79 Å². The Balaban J connectivity index is 2.01. The van der Waals surface area contributed by atoms with Gasteiger partial charge in [0.05, 0.1) is 5.92 Å². The lowest BCUT2D eigenvalue weighted by atomic mass is 10.2. The Labute approximate surface area is 89.3 Å². The van der Waals surface area contributed by atoms with Crippen LogP contribution in [0.3, 0.4) is 0 Å². The molecular weight excluding hydrogens is 254 g/mol. The quantitative estimate of drug-likeness (QED) is 0.611. The third-order valence-corrected chi connectivity index (χ3v) is 4.68. The van der Waals surface area contributed by atoms with Crippen molar-refractivity contribution >= 4 is 33.7 Å². The smallest absolute Gasteiger partial charge is 0.307 e. The van der Waals surface area contributed by atoms with Gasteiger partial charge in [0, 0.05) is 18.7 Å². The summed E-state index contributed by atoms with van der Waals surface area (Å²) < 4.78 is 0.276. The molecule has 2 aliphatic rings. The van der Waals surface area contributed by atoms with E-state index in [-0.39, 0.29) is 16.1 Å². The van der Waals surface area contributed by atoms with Gasteiger partial charge in [0.1, 0.15) is 4.28 Å². The van der Waals surface area contributed by atoms with Gasteiger partial charge in [0.15, 0.2) is 0 Å². The topological polar surface area (TPSA) is 40.5 Å². The first-order valence-electron chi connectivity index (χ1n) is 4.06. The predicted octanol–water partition coefficient (Wildman–Crippen LogP) is 1.91. The zero-order chi connectivity index (χ0) is 9.59. The van der Waals surface area contributed by atoms with Crippen molar-refractivity contribution in [1.29, 1.82) is 0 Å². The minimum Gasteiger partial charge on any atom is -0.481 e. The fourth-order valence-electron chi connectivity index (χ4n) is 1.56. The normalized spacial score (nSPS) is 37.5. The third kappa shape index (κ3) is 1.59. The summed E-state index contributed by atoms with van der Waals surface area (Å²) >= 11 is 5.17. The van der Waals surface area contributed by atoms with Crippen LogP contribution in [-0.4, -0.2) is 27.3 Å². The highest BCUT2D eigenvalue weighted by Gasteiger charge is 2.48. The lowest BCUT2D eigenvalue weighted by molar-refractivity contribution is -0.138. The number of carboxylic acids is 1. The number of nitrogens with zero attached hydrogens (tertiary/aromatic N) is 1. The molecule has 13 heavy (non-hydrogen) atoms. The van der Waals surface area contributed by atoms with Crippen molar-refractivity contribution < 1.29 is 9.90 Å². The SMILES string of the molecule is CN1C(C2CC2C(=O)O)=CSC1Br. The number of carboxylic acid groups (broad SMARTS) is 1. The van der Waals surface area contributed by atoms with Gasteiger partial charge >= 0.3 is 5.97 Å². The molecule has 3 unspecified atom stereocenters. The van der Waals surface area contributed by atoms with E-state index in [2.05, 4.69) is 26.2 Å². The molecule has 0 radical (unpaired) electrons. The van der Waals surface area contributed by atoms with E-state index in [0.717, 1.165) is 6.42 Å². The van der Waals surface area contributed by atoms with E-state index in [1.807, 2.05) is 7.05 Å². The van der Waals surface area contributed by atoms with E-state index in [1.165, 1.54) is 5.70 Å². The van der Waals surface area contributed by atoms with Gasteiger partial charge in [-0.05, 0) is 11.8 Å². The Morgan fingerprint density at radius 1 is 1.85 bits per heavy atom. The highest BCUT2D eigenvalue weighted by atomic mass is 79.9. The molecule has 3 nitrogen and oxygen atoms in total. The Bertz CT molecular complexity index is 281. The molecular formula is C8H10BrNO2S. The van der Waals surface area contributed by atoms with Crippen molar-refractivity contribution in [2.45, 2.75) is 10.7 Å². The summed E-state index contributed by atoms with van der Waals surface area (Å²) in [5, 5.41) is 10.8. The van der Waals surface area contributed by atoms with Crippen LogP contribution in [0.15, 0.2) is 11.1 Å². The van der Waals surface area contributed by atoms with Gasteiger partial charge in [-0.1, -0.05) is 27.7 Å². The molecule has 0 aromatic heterocycles. The summed E-state index contributed by atoms with van der Waals surface area (Å²) in [5.41, 5.74) is 1.17. The van der Waals surface area contributed by atoms with Crippen LogP contribution < -0.4 is 0 Å². The number of carbonyl (C=O) groups is 1. The predicted molar refractivity (Wildman–Crippen MR) is 55.4 cm³/mol. The lowest BCUT2D eigenvalue weighted by Gasteiger charge is -2.19. The molecule has 1 aliphatic heterocycles. The molecule has 1 fully saturated rings. The van der Waals surface area contributed by atoms with Crippen LogP contribution in [0, 0.1) is 11.8 Å². The van der Waals surface area contributed by atoms with E-state index < -0.39 is 5.97 Å². The van der Waals surface area contributed by atoms with Crippen LogP contribution in [0.25, 0.3) is 0 Å². The van der Waals surface area contributed by atoms with Crippen LogP contribution in [0.2, 0.25) is 0 Å². The van der Waals surface area contributed by atoms with Crippen molar-refractivity contribution in [1.82, 2.24) is 4.90 Å². The maximum Gasteiger partial charge on any atom is 0.307 e. The highest BCUT2D eigenvalue weighted by Crippen LogP contribution is 2.50. The maximum atomic E-state index is 10.7. The fourth-order valence-corrected chi connectivity index (χ4v) is 3.02. The minimum absolute atomic E-state index is 0.146. The molecule has 0 spiro atoms. The van der Waals surface area contributed by atoms with Gasteiger partial charge in [0.25, 0.3) is 0 Å². The summed E-state index contributed by atoms with van der Waals surface area (Å²) in [4.78, 5) is 12.7. The Kier molecular flexibility index (Phi) is 2.32. The average Bonchev–Trinajstić information content (AvgIpc) is 2.78. The zero-order valence-electron chi connectivity index (χ0n) is 7.11. The van der Waals surface area contributed by atoms with Gasteiger partial charge in [-0.25, -0.2) is 0 Å².